The van der Waals surface area contributed by atoms with Crippen molar-refractivity contribution in [2.75, 3.05) is 11.6 Å². The molecule has 0 spiro atoms. The number of pyridine rings is 2. The lowest BCUT2D eigenvalue weighted by molar-refractivity contribution is -0.123. The zero-order chi connectivity index (χ0) is 31.2. The molecule has 4 N–H and O–H groups in total. The predicted molar refractivity (Wildman–Crippen MR) is 167 cm³/mol. The first-order valence-corrected chi connectivity index (χ1v) is 15.6. The van der Waals surface area contributed by atoms with E-state index in [1.165, 1.54) is 12.1 Å². The van der Waals surface area contributed by atoms with E-state index in [1.807, 2.05) is 45.0 Å². The Morgan fingerprint density at radius 2 is 1.77 bits per heavy atom. The number of amides is 1. The maximum Gasteiger partial charge on any atom is 0.229 e. The summed E-state index contributed by atoms with van der Waals surface area (Å²) in [5.41, 5.74) is 5.62. The van der Waals surface area contributed by atoms with Gasteiger partial charge in [-0.1, -0.05) is 26.8 Å². The second kappa shape index (κ2) is 10.9. The molecule has 6 aromatic rings. The van der Waals surface area contributed by atoms with Gasteiger partial charge in [0, 0.05) is 40.9 Å². The number of benzene rings is 2. The van der Waals surface area contributed by atoms with Crippen LogP contribution in [0.5, 0.6) is 0 Å². The van der Waals surface area contributed by atoms with Gasteiger partial charge >= 0.3 is 0 Å². The second-order valence-electron chi connectivity index (χ2n) is 11.6. The minimum Gasteiger partial charge on any atom is -0.336 e. The van der Waals surface area contributed by atoms with Crippen LogP contribution in [-0.2, 0) is 21.4 Å². The average Bonchev–Trinajstić information content (AvgIpc) is 3.59. The van der Waals surface area contributed by atoms with Crippen LogP contribution in [0, 0.1) is 11.2 Å². The van der Waals surface area contributed by atoms with Crippen molar-refractivity contribution in [3.8, 4) is 33.9 Å². The summed E-state index contributed by atoms with van der Waals surface area (Å²) in [4.78, 5) is 29.4. The van der Waals surface area contributed by atoms with Crippen LogP contribution < -0.4 is 10.0 Å². The third-order valence-corrected chi connectivity index (χ3v) is 7.64. The molecule has 4 aromatic heterocycles. The molecule has 0 aliphatic carbocycles. The standard InChI is InChI=1S/C31H29FN8O3S/c1-31(2,3)30(41)36-22-12-20(15-33-16-22)18-5-6-24-23(13-18)27(40-39-24)29-37-25-7-8-34-26(28(25)38-29)19-9-17(10-21(32)11-19)14-35-44(4,42)43/h5-13,15-16,35H,14H2,1-4H3,(H,36,41)(H,37,38)(H,39,40). The number of H-pyrrole nitrogens is 2. The fraction of sp³-hybridized carbons (Fsp3) is 0.194. The third-order valence-electron chi connectivity index (χ3n) is 6.97. The van der Waals surface area contributed by atoms with Crippen LogP contribution in [0.3, 0.4) is 0 Å². The van der Waals surface area contributed by atoms with Crippen LogP contribution >= 0.6 is 0 Å². The number of imidazole rings is 1. The number of aromatic amines is 2. The summed E-state index contributed by atoms with van der Waals surface area (Å²) in [6, 6.07) is 13.8. The van der Waals surface area contributed by atoms with Gasteiger partial charge < -0.3 is 10.3 Å². The van der Waals surface area contributed by atoms with Crippen molar-refractivity contribution in [2.24, 2.45) is 5.41 Å². The molecule has 0 bridgehead atoms. The van der Waals surface area contributed by atoms with Crippen molar-refractivity contribution < 1.29 is 17.6 Å². The Bertz CT molecular complexity index is 2170. The van der Waals surface area contributed by atoms with E-state index >= 15 is 0 Å². The van der Waals surface area contributed by atoms with Gasteiger partial charge in [-0.15, -0.1) is 0 Å². The van der Waals surface area contributed by atoms with Gasteiger partial charge in [-0.25, -0.2) is 22.5 Å². The van der Waals surface area contributed by atoms with E-state index in [4.69, 9.17) is 4.98 Å². The zero-order valence-corrected chi connectivity index (χ0v) is 25.2. The molecule has 0 fully saturated rings. The minimum atomic E-state index is -3.46. The normalized spacial score (nSPS) is 12.2. The summed E-state index contributed by atoms with van der Waals surface area (Å²) in [5, 5.41) is 11.3. The monoisotopic (exact) mass is 612 g/mol. The number of sulfonamides is 1. The Kier molecular flexibility index (Phi) is 7.22. The summed E-state index contributed by atoms with van der Waals surface area (Å²) in [6.45, 7) is 5.48. The molecule has 0 saturated carbocycles. The lowest BCUT2D eigenvalue weighted by Gasteiger charge is -2.17. The molecule has 6 rings (SSSR count). The summed E-state index contributed by atoms with van der Waals surface area (Å²) >= 11 is 0. The number of anilines is 1. The number of aromatic nitrogens is 6. The molecule has 224 valence electrons. The highest BCUT2D eigenvalue weighted by atomic mass is 32.2. The third kappa shape index (κ3) is 6.05. The largest absolute Gasteiger partial charge is 0.336 e. The zero-order valence-electron chi connectivity index (χ0n) is 24.4. The van der Waals surface area contributed by atoms with Crippen molar-refractivity contribution in [3.63, 3.8) is 0 Å². The fourth-order valence-corrected chi connectivity index (χ4v) is 5.15. The lowest BCUT2D eigenvalue weighted by Crippen LogP contribution is -2.27. The molecule has 0 unspecified atom stereocenters. The molecule has 0 atom stereocenters. The first kappa shape index (κ1) is 29.1. The molecular formula is C31H29FN8O3S. The smallest absolute Gasteiger partial charge is 0.229 e. The molecule has 11 nitrogen and oxygen atoms in total. The van der Waals surface area contributed by atoms with Crippen molar-refractivity contribution in [1.82, 2.24) is 34.9 Å². The SMILES string of the molecule is CC(C)(C)C(=O)Nc1cncc(-c2ccc3[nH]nc(-c4nc5c(-c6cc(F)cc(CNS(C)(=O)=O)c6)nccc5[nH]4)c3c2)c1. The summed E-state index contributed by atoms with van der Waals surface area (Å²) in [6.07, 6.45) is 5.98. The van der Waals surface area contributed by atoms with Crippen molar-refractivity contribution in [3.05, 3.63) is 78.5 Å². The number of carbonyl (C=O) groups excluding carboxylic acids is 1. The number of nitrogens with one attached hydrogen (secondary N) is 4. The Hall–Kier alpha value is -5.01. The summed E-state index contributed by atoms with van der Waals surface area (Å²) in [5.74, 6) is -0.148. The highest BCUT2D eigenvalue weighted by Crippen LogP contribution is 2.33. The van der Waals surface area contributed by atoms with Crippen molar-refractivity contribution in [1.29, 1.82) is 0 Å². The van der Waals surface area contributed by atoms with Crippen LogP contribution in [0.2, 0.25) is 0 Å². The molecule has 4 heterocycles. The maximum absolute atomic E-state index is 14.6. The van der Waals surface area contributed by atoms with E-state index in [-0.39, 0.29) is 12.5 Å². The highest BCUT2D eigenvalue weighted by molar-refractivity contribution is 7.88. The van der Waals surface area contributed by atoms with E-state index in [0.29, 0.717) is 45.1 Å². The first-order valence-electron chi connectivity index (χ1n) is 13.7. The number of halogens is 1. The number of rotatable bonds is 7. The van der Waals surface area contributed by atoms with Gasteiger partial charge in [-0.05, 0) is 53.6 Å². The van der Waals surface area contributed by atoms with E-state index < -0.39 is 21.3 Å². The average molecular weight is 613 g/mol. The number of hydrogen-bond donors (Lipinski definition) is 4. The fourth-order valence-electron chi connectivity index (χ4n) is 4.72. The van der Waals surface area contributed by atoms with Gasteiger partial charge in [0.15, 0.2) is 5.82 Å². The van der Waals surface area contributed by atoms with Gasteiger partial charge in [0.1, 0.15) is 17.0 Å². The van der Waals surface area contributed by atoms with E-state index in [2.05, 4.69) is 35.2 Å². The van der Waals surface area contributed by atoms with Crippen molar-refractivity contribution in [2.45, 2.75) is 27.3 Å². The highest BCUT2D eigenvalue weighted by Gasteiger charge is 2.22. The molecule has 13 heteroatoms. The summed E-state index contributed by atoms with van der Waals surface area (Å²) in [7, 11) is -3.46. The van der Waals surface area contributed by atoms with Gasteiger partial charge in [0.05, 0.1) is 34.9 Å². The Labute approximate surface area is 252 Å². The van der Waals surface area contributed by atoms with Crippen LogP contribution in [0.25, 0.3) is 55.8 Å². The van der Waals surface area contributed by atoms with E-state index in [9.17, 15) is 17.6 Å². The molecule has 0 aliphatic heterocycles. The Balaban J connectivity index is 1.37. The van der Waals surface area contributed by atoms with Crippen LogP contribution in [0.15, 0.2) is 67.1 Å². The molecule has 2 aromatic carbocycles. The van der Waals surface area contributed by atoms with Crippen LogP contribution in [-0.4, -0.2) is 50.7 Å². The van der Waals surface area contributed by atoms with Crippen molar-refractivity contribution >= 4 is 43.6 Å². The molecule has 1 amide bonds. The van der Waals surface area contributed by atoms with Gasteiger partial charge in [0.25, 0.3) is 0 Å². The predicted octanol–water partition coefficient (Wildman–Crippen LogP) is 5.40. The Morgan fingerprint density at radius 3 is 2.55 bits per heavy atom. The number of fused-ring (bicyclic) bond motifs is 2. The quantitative estimate of drug-likeness (QED) is 0.188. The topological polar surface area (TPSA) is 158 Å². The second-order valence-corrected chi connectivity index (χ2v) is 13.4. The van der Waals surface area contributed by atoms with Crippen LogP contribution in [0.4, 0.5) is 10.1 Å². The lowest BCUT2D eigenvalue weighted by atomic mass is 9.95. The Morgan fingerprint density at radius 1 is 0.955 bits per heavy atom. The van der Waals surface area contributed by atoms with Gasteiger partial charge in [-0.2, -0.15) is 5.10 Å². The molecule has 0 radical (unpaired) electrons. The van der Waals surface area contributed by atoms with E-state index in [0.717, 1.165) is 28.3 Å². The number of carbonyl (C=O) groups is 1. The van der Waals surface area contributed by atoms with Crippen LogP contribution in [0.1, 0.15) is 26.3 Å². The molecule has 0 saturated heterocycles. The minimum absolute atomic E-state index is 0.0611. The molecular weight excluding hydrogens is 583 g/mol. The number of nitrogens with zero attached hydrogens (tertiary/aromatic N) is 4. The van der Waals surface area contributed by atoms with E-state index in [1.54, 1.807) is 30.7 Å². The first-order chi connectivity index (χ1) is 20.8. The molecule has 44 heavy (non-hydrogen) atoms. The summed E-state index contributed by atoms with van der Waals surface area (Å²) < 4.78 is 40.1. The van der Waals surface area contributed by atoms with Gasteiger partial charge in [-0.3, -0.25) is 19.9 Å². The molecule has 0 aliphatic rings. The van der Waals surface area contributed by atoms with Gasteiger partial charge in [0.2, 0.25) is 15.9 Å². The number of hydrogen-bond acceptors (Lipinski definition) is 7. The maximum atomic E-state index is 14.6.